The zero-order chi connectivity index (χ0) is 26.7. The van der Waals surface area contributed by atoms with Crippen molar-refractivity contribution in [3.63, 3.8) is 0 Å². The van der Waals surface area contributed by atoms with Crippen molar-refractivity contribution in [1.29, 1.82) is 0 Å². The highest BCUT2D eigenvalue weighted by atomic mass is 32.2. The Balaban J connectivity index is 1.47. The normalized spacial score (nSPS) is 27.7. The van der Waals surface area contributed by atoms with Crippen LogP contribution in [0.1, 0.15) is 42.5 Å². The molecule has 3 aliphatic rings. The molecule has 1 aliphatic carbocycles. The van der Waals surface area contributed by atoms with Crippen molar-refractivity contribution in [2.24, 2.45) is 17.6 Å². The number of anilines is 1. The van der Waals surface area contributed by atoms with Crippen molar-refractivity contribution >= 4 is 33.5 Å². The third-order valence-electron chi connectivity index (χ3n) is 8.05. The van der Waals surface area contributed by atoms with Crippen LogP contribution in [0, 0.1) is 11.8 Å². The smallest absolute Gasteiger partial charge is 0.335 e. The zero-order valence-electron chi connectivity index (χ0n) is 21.2. The summed E-state index contributed by atoms with van der Waals surface area (Å²) in [6.07, 6.45) is 5.01. The average Bonchev–Trinajstić information content (AvgIpc) is 3.34. The Hall–Kier alpha value is -2.54. The molecule has 2 amide bonds. The number of nitrogens with one attached hydrogen (secondary N) is 1. The molecular weight excluding hydrogens is 498 g/mol. The minimum atomic E-state index is -3.25. The molecule has 1 aromatic rings. The summed E-state index contributed by atoms with van der Waals surface area (Å²) < 4.78 is 25.3. The van der Waals surface area contributed by atoms with E-state index in [-0.39, 0.29) is 29.3 Å². The molecule has 12 heteroatoms. The molecule has 11 nitrogen and oxygen atoms in total. The fraction of sp³-hybridized carbons (Fsp3) is 0.640. The number of hydrogen-bond acceptors (Lipinski definition) is 7. The lowest BCUT2D eigenvalue weighted by atomic mass is 9.81. The number of carbonyl (C=O) groups excluding carboxylic acids is 2. The second-order valence-electron chi connectivity index (χ2n) is 10.4. The Morgan fingerprint density at radius 3 is 2.19 bits per heavy atom. The van der Waals surface area contributed by atoms with Crippen LogP contribution < -0.4 is 11.1 Å². The quantitative estimate of drug-likeness (QED) is 0.460. The fourth-order valence-electron chi connectivity index (χ4n) is 5.77. The third kappa shape index (κ3) is 6.49. The van der Waals surface area contributed by atoms with Gasteiger partial charge in [0, 0.05) is 50.4 Å². The Morgan fingerprint density at radius 1 is 1.03 bits per heavy atom. The molecule has 0 unspecified atom stereocenters. The predicted octanol–water partition coefficient (Wildman–Crippen LogP) is 0.635. The summed E-state index contributed by atoms with van der Waals surface area (Å²) in [5.41, 5.74) is 6.41. The van der Waals surface area contributed by atoms with Crippen molar-refractivity contribution in [2.45, 2.75) is 44.2 Å². The number of rotatable bonds is 7. The molecular formula is C25H37N5O6S. The molecule has 1 saturated carbocycles. The van der Waals surface area contributed by atoms with Gasteiger partial charge in [-0.15, -0.1) is 0 Å². The lowest BCUT2D eigenvalue weighted by Crippen LogP contribution is -2.52. The first-order chi connectivity index (χ1) is 17.6. The predicted molar refractivity (Wildman–Crippen MR) is 138 cm³/mol. The van der Waals surface area contributed by atoms with Crippen LogP contribution in [0.5, 0.6) is 0 Å². The van der Waals surface area contributed by atoms with Gasteiger partial charge in [-0.1, -0.05) is 0 Å². The number of carbonyl (C=O) groups is 3. The molecule has 204 valence electrons. The van der Waals surface area contributed by atoms with Crippen LogP contribution in [0.4, 0.5) is 5.69 Å². The van der Waals surface area contributed by atoms with E-state index in [9.17, 15) is 22.8 Å². The molecule has 2 aliphatic heterocycles. The Morgan fingerprint density at radius 2 is 1.65 bits per heavy atom. The zero-order valence-corrected chi connectivity index (χ0v) is 22.0. The number of nitrogens with two attached hydrogens (primary N) is 1. The number of piperazine rings is 1. The maximum atomic E-state index is 13.6. The van der Waals surface area contributed by atoms with Gasteiger partial charge in [0.15, 0.2) is 0 Å². The fourth-order valence-corrected chi connectivity index (χ4v) is 6.60. The number of nitrogens with zero attached hydrogens (tertiary/aromatic N) is 3. The van der Waals surface area contributed by atoms with Crippen LogP contribution in [0.3, 0.4) is 0 Å². The first kappa shape index (κ1) is 27.5. The Kier molecular flexibility index (Phi) is 8.52. The molecule has 4 rings (SSSR count). The van der Waals surface area contributed by atoms with Crippen molar-refractivity contribution in [1.82, 2.24) is 14.1 Å². The van der Waals surface area contributed by atoms with Gasteiger partial charge in [-0.2, -0.15) is 4.31 Å². The van der Waals surface area contributed by atoms with E-state index in [1.807, 2.05) is 0 Å². The van der Waals surface area contributed by atoms with Gasteiger partial charge in [0.1, 0.15) is 6.04 Å². The van der Waals surface area contributed by atoms with Crippen molar-refractivity contribution < 1.29 is 27.9 Å². The molecule has 3 fully saturated rings. The van der Waals surface area contributed by atoms with Gasteiger partial charge in [0.2, 0.25) is 21.8 Å². The standard InChI is InChI=1S/C25H37N5O6S/c1-37(35,36)29-12-10-28(11-13-29)21-14-22(23(31)27-20-8-6-19(7-9-20)25(33)34)30(16-21)24(32)18-4-2-17(15-26)3-5-18/h6-9,17-18,21-22H,2-5,10-16,26H2,1H3,(H,27,31)(H,33,34)/t17-,18+,21-,22-/m0/s1. The number of benzene rings is 1. The third-order valence-corrected chi connectivity index (χ3v) is 9.36. The number of carboxylic acid groups (broad SMARTS) is 1. The molecule has 4 N–H and O–H groups in total. The highest BCUT2D eigenvalue weighted by Crippen LogP contribution is 2.33. The van der Waals surface area contributed by atoms with Crippen LogP contribution in [0.15, 0.2) is 24.3 Å². The molecule has 2 saturated heterocycles. The molecule has 0 radical (unpaired) electrons. The molecule has 37 heavy (non-hydrogen) atoms. The summed E-state index contributed by atoms with van der Waals surface area (Å²) in [5, 5.41) is 12.0. The first-order valence-corrected chi connectivity index (χ1v) is 14.8. The van der Waals surface area contributed by atoms with Crippen LogP contribution in [0.25, 0.3) is 0 Å². The highest BCUT2D eigenvalue weighted by Gasteiger charge is 2.44. The number of aromatic carboxylic acids is 1. The second kappa shape index (κ2) is 11.5. The highest BCUT2D eigenvalue weighted by molar-refractivity contribution is 7.88. The second-order valence-corrected chi connectivity index (χ2v) is 12.4. The van der Waals surface area contributed by atoms with E-state index in [1.165, 1.54) is 22.7 Å². The Bertz CT molecular complexity index is 1100. The van der Waals surface area contributed by atoms with Crippen molar-refractivity contribution in [2.75, 3.05) is 50.8 Å². The van der Waals surface area contributed by atoms with Gasteiger partial charge in [0.05, 0.1) is 11.8 Å². The number of hydrogen-bond donors (Lipinski definition) is 3. The van der Waals surface area contributed by atoms with E-state index in [0.717, 1.165) is 25.7 Å². The van der Waals surface area contributed by atoms with Crippen LogP contribution in [-0.2, 0) is 19.6 Å². The molecule has 2 atom stereocenters. The van der Waals surface area contributed by atoms with Crippen LogP contribution in [0.2, 0.25) is 0 Å². The van der Waals surface area contributed by atoms with Gasteiger partial charge in [0.25, 0.3) is 0 Å². The average molecular weight is 536 g/mol. The molecule has 0 bridgehead atoms. The van der Waals surface area contributed by atoms with Crippen molar-refractivity contribution in [3.8, 4) is 0 Å². The number of likely N-dealkylation sites (tertiary alicyclic amines) is 1. The summed E-state index contributed by atoms with van der Waals surface area (Å²) in [6.45, 7) is 2.92. The number of sulfonamides is 1. The van der Waals surface area contributed by atoms with Crippen LogP contribution in [-0.4, -0.2) is 103 Å². The van der Waals surface area contributed by atoms with E-state index in [2.05, 4.69) is 10.2 Å². The minimum absolute atomic E-state index is 0.00545. The minimum Gasteiger partial charge on any atom is -0.478 e. The van der Waals surface area contributed by atoms with Gasteiger partial charge < -0.3 is 21.1 Å². The Labute approximate surface area is 218 Å². The summed E-state index contributed by atoms with van der Waals surface area (Å²) in [7, 11) is -3.25. The lowest BCUT2D eigenvalue weighted by Gasteiger charge is -2.37. The van der Waals surface area contributed by atoms with E-state index < -0.39 is 22.0 Å². The van der Waals surface area contributed by atoms with Gasteiger partial charge >= 0.3 is 5.97 Å². The summed E-state index contributed by atoms with van der Waals surface area (Å²) >= 11 is 0. The van der Waals surface area contributed by atoms with E-state index in [1.54, 1.807) is 17.0 Å². The summed E-state index contributed by atoms with van der Waals surface area (Å²) in [4.78, 5) is 42.1. The lowest BCUT2D eigenvalue weighted by molar-refractivity contribution is -0.141. The maximum absolute atomic E-state index is 13.6. The molecule has 1 aromatic carbocycles. The number of amides is 2. The molecule has 0 aromatic heterocycles. The van der Waals surface area contributed by atoms with Gasteiger partial charge in [-0.25, -0.2) is 13.2 Å². The first-order valence-electron chi connectivity index (χ1n) is 12.9. The van der Waals surface area contributed by atoms with Gasteiger partial charge in [-0.3, -0.25) is 14.5 Å². The van der Waals surface area contributed by atoms with Crippen LogP contribution >= 0.6 is 0 Å². The van der Waals surface area contributed by atoms with E-state index in [0.29, 0.717) is 57.3 Å². The largest absolute Gasteiger partial charge is 0.478 e. The maximum Gasteiger partial charge on any atom is 0.335 e. The van der Waals surface area contributed by atoms with Gasteiger partial charge in [-0.05, 0) is 68.8 Å². The SMILES string of the molecule is CS(=O)(=O)N1CCN([C@H]2C[C@@H](C(=O)Nc3ccc(C(=O)O)cc3)N(C(=O)[C@H]3CC[C@@H](CN)CC3)C2)CC1. The number of carboxylic acids is 1. The van der Waals surface area contributed by atoms with E-state index >= 15 is 0 Å². The molecule has 2 heterocycles. The van der Waals surface area contributed by atoms with Crippen molar-refractivity contribution in [3.05, 3.63) is 29.8 Å². The summed E-state index contributed by atoms with van der Waals surface area (Å²) in [6, 6.07) is 5.23. The molecule has 0 spiro atoms. The monoisotopic (exact) mass is 535 g/mol. The topological polar surface area (TPSA) is 153 Å². The summed E-state index contributed by atoms with van der Waals surface area (Å²) in [5.74, 6) is -1.05. The van der Waals surface area contributed by atoms with E-state index in [4.69, 9.17) is 10.8 Å².